The van der Waals surface area contributed by atoms with Crippen LogP contribution in [-0.2, 0) is 11.3 Å². The lowest BCUT2D eigenvalue weighted by atomic mass is 10.2. The Kier molecular flexibility index (Phi) is 4.61. The maximum Gasteiger partial charge on any atom is 0.255 e. The Labute approximate surface area is 146 Å². The molecule has 1 aromatic carbocycles. The van der Waals surface area contributed by atoms with E-state index in [1.54, 1.807) is 43.4 Å². The van der Waals surface area contributed by atoms with E-state index in [2.05, 4.69) is 9.97 Å². The average molecular weight is 336 g/mol. The van der Waals surface area contributed by atoms with Gasteiger partial charge in [0, 0.05) is 19.4 Å². The van der Waals surface area contributed by atoms with Crippen LogP contribution < -0.4 is 0 Å². The van der Waals surface area contributed by atoms with Crippen LogP contribution in [0, 0.1) is 0 Å². The minimum atomic E-state index is -0.343. The number of benzene rings is 1. The number of hydrogen-bond acceptors (Lipinski definition) is 4. The predicted octanol–water partition coefficient (Wildman–Crippen LogP) is 2.85. The van der Waals surface area contributed by atoms with Gasteiger partial charge in [0.25, 0.3) is 5.91 Å². The molecule has 0 saturated heterocycles. The van der Waals surface area contributed by atoms with E-state index in [-0.39, 0.29) is 17.7 Å². The molecule has 0 aliphatic carbocycles. The van der Waals surface area contributed by atoms with Gasteiger partial charge in [-0.2, -0.15) is 0 Å². The number of ketones is 1. The van der Waals surface area contributed by atoms with Gasteiger partial charge in [-0.15, -0.1) is 0 Å². The lowest BCUT2D eigenvalue weighted by molar-refractivity contribution is -0.119. The summed E-state index contributed by atoms with van der Waals surface area (Å²) in [7, 11) is 1.72. The van der Waals surface area contributed by atoms with Crippen molar-refractivity contribution in [2.45, 2.75) is 26.4 Å². The molecule has 0 radical (unpaired) electrons. The molecule has 0 bridgehead atoms. The number of amides is 1. The fourth-order valence-corrected chi connectivity index (χ4v) is 2.81. The Balaban J connectivity index is 1.97. The zero-order valence-electron chi connectivity index (χ0n) is 14.5. The highest BCUT2D eigenvalue weighted by Crippen LogP contribution is 2.23. The van der Waals surface area contributed by atoms with Crippen LogP contribution in [0.15, 0.2) is 48.8 Å². The van der Waals surface area contributed by atoms with Gasteiger partial charge in [-0.05, 0) is 38.1 Å². The molecular formula is C19H20N4O2. The monoisotopic (exact) mass is 336 g/mol. The fraction of sp³-hybridized carbons (Fsp3) is 0.263. The first-order valence-corrected chi connectivity index (χ1v) is 8.11. The highest BCUT2D eigenvalue weighted by atomic mass is 16.2. The van der Waals surface area contributed by atoms with Crippen LogP contribution in [0.5, 0.6) is 0 Å². The molecule has 6 nitrogen and oxygen atoms in total. The number of fused-ring (bicyclic) bond motifs is 1. The molecule has 0 N–H and O–H groups in total. The van der Waals surface area contributed by atoms with Crippen molar-refractivity contribution in [3.8, 4) is 0 Å². The molecule has 0 saturated carbocycles. The number of nitrogens with zero attached hydrogens (tertiary/aromatic N) is 4. The number of carbonyl (C=O) groups is 2. The van der Waals surface area contributed by atoms with Crippen molar-refractivity contribution in [3.05, 3.63) is 60.2 Å². The molecule has 0 aliphatic heterocycles. The Morgan fingerprint density at radius 1 is 1.20 bits per heavy atom. The Morgan fingerprint density at radius 3 is 2.64 bits per heavy atom. The van der Waals surface area contributed by atoms with Crippen LogP contribution in [0.4, 0.5) is 0 Å². The second kappa shape index (κ2) is 6.84. The van der Waals surface area contributed by atoms with Gasteiger partial charge in [-0.25, -0.2) is 4.98 Å². The van der Waals surface area contributed by atoms with E-state index in [9.17, 15) is 9.59 Å². The topological polar surface area (TPSA) is 68.1 Å². The molecule has 1 unspecified atom stereocenters. The summed E-state index contributed by atoms with van der Waals surface area (Å²) in [5, 5.41) is 0. The highest BCUT2D eigenvalue weighted by molar-refractivity contribution is 5.93. The van der Waals surface area contributed by atoms with E-state index in [1.165, 1.54) is 0 Å². The zero-order valence-corrected chi connectivity index (χ0v) is 14.5. The summed E-state index contributed by atoms with van der Waals surface area (Å²) in [6.45, 7) is 3.72. The molecule has 2 heterocycles. The third-order valence-electron chi connectivity index (χ3n) is 4.28. The van der Waals surface area contributed by atoms with Gasteiger partial charge >= 0.3 is 0 Å². The second-order valence-corrected chi connectivity index (χ2v) is 6.08. The van der Waals surface area contributed by atoms with Crippen molar-refractivity contribution in [2.75, 3.05) is 7.05 Å². The van der Waals surface area contributed by atoms with Crippen molar-refractivity contribution < 1.29 is 9.59 Å². The quantitative estimate of drug-likeness (QED) is 0.718. The number of Topliss-reactive ketones (excluding diaryl/α,β-unsaturated/α-hetero) is 1. The maximum absolute atomic E-state index is 12.6. The van der Waals surface area contributed by atoms with Crippen molar-refractivity contribution >= 4 is 22.7 Å². The Bertz CT molecular complexity index is 918. The number of rotatable bonds is 5. The SMILES string of the molecule is CC(=O)C(C)n1c(CN(C)C(=O)c2cccnc2)nc2ccccc21. The summed E-state index contributed by atoms with van der Waals surface area (Å²) >= 11 is 0. The summed E-state index contributed by atoms with van der Waals surface area (Å²) in [4.78, 5) is 34.7. The average Bonchev–Trinajstić information content (AvgIpc) is 2.98. The molecule has 1 atom stereocenters. The van der Waals surface area contributed by atoms with Gasteiger partial charge in [-0.3, -0.25) is 14.6 Å². The van der Waals surface area contributed by atoms with E-state index in [4.69, 9.17) is 0 Å². The first-order valence-electron chi connectivity index (χ1n) is 8.11. The van der Waals surface area contributed by atoms with Crippen LogP contribution >= 0.6 is 0 Å². The first kappa shape index (κ1) is 16.8. The Hall–Kier alpha value is -3.02. The fourth-order valence-electron chi connectivity index (χ4n) is 2.81. The third kappa shape index (κ3) is 3.28. The number of para-hydroxylation sites is 2. The molecule has 0 spiro atoms. The molecule has 0 fully saturated rings. The number of hydrogen-bond donors (Lipinski definition) is 0. The second-order valence-electron chi connectivity index (χ2n) is 6.08. The van der Waals surface area contributed by atoms with Crippen molar-refractivity contribution in [1.29, 1.82) is 0 Å². The summed E-state index contributed by atoms with van der Waals surface area (Å²) < 4.78 is 1.91. The van der Waals surface area contributed by atoms with Crippen molar-refractivity contribution in [1.82, 2.24) is 19.4 Å². The lowest BCUT2D eigenvalue weighted by Gasteiger charge is -2.20. The minimum Gasteiger partial charge on any atom is -0.334 e. The predicted molar refractivity (Wildman–Crippen MR) is 95.2 cm³/mol. The first-order chi connectivity index (χ1) is 12.0. The smallest absolute Gasteiger partial charge is 0.255 e. The van der Waals surface area contributed by atoms with Crippen LogP contribution in [-0.4, -0.2) is 38.2 Å². The standard InChI is InChI=1S/C19H20N4O2/c1-13(14(2)24)23-17-9-5-4-8-16(17)21-18(23)12-22(3)19(25)15-7-6-10-20-11-15/h4-11,13H,12H2,1-3H3. The number of pyridine rings is 1. The molecule has 0 aliphatic rings. The maximum atomic E-state index is 12.6. The molecule has 25 heavy (non-hydrogen) atoms. The summed E-state index contributed by atoms with van der Waals surface area (Å²) in [6.07, 6.45) is 3.17. The number of imidazole rings is 1. The van der Waals surface area contributed by atoms with Gasteiger partial charge in [0.15, 0.2) is 5.78 Å². The molecule has 128 valence electrons. The van der Waals surface area contributed by atoms with Gasteiger partial charge in [0.05, 0.1) is 29.2 Å². The molecule has 6 heteroatoms. The summed E-state index contributed by atoms with van der Waals surface area (Å²) in [6, 6.07) is 10.8. The van der Waals surface area contributed by atoms with E-state index in [0.717, 1.165) is 11.0 Å². The lowest BCUT2D eigenvalue weighted by Crippen LogP contribution is -2.29. The van der Waals surface area contributed by atoms with Gasteiger partial charge in [-0.1, -0.05) is 12.1 Å². The van der Waals surface area contributed by atoms with Gasteiger partial charge in [0.2, 0.25) is 0 Å². The third-order valence-corrected chi connectivity index (χ3v) is 4.28. The van der Waals surface area contributed by atoms with Crippen LogP contribution in [0.1, 0.15) is 36.1 Å². The minimum absolute atomic E-state index is 0.0469. The summed E-state index contributed by atoms with van der Waals surface area (Å²) in [5.41, 5.74) is 2.22. The molecule has 3 rings (SSSR count). The van der Waals surface area contributed by atoms with Crippen LogP contribution in [0.25, 0.3) is 11.0 Å². The largest absolute Gasteiger partial charge is 0.334 e. The summed E-state index contributed by atoms with van der Waals surface area (Å²) in [5.74, 6) is 0.594. The number of carbonyl (C=O) groups excluding carboxylic acids is 2. The zero-order chi connectivity index (χ0) is 18.0. The Morgan fingerprint density at radius 2 is 1.96 bits per heavy atom. The van der Waals surface area contributed by atoms with Gasteiger partial charge in [0.1, 0.15) is 5.82 Å². The molecule has 3 aromatic rings. The van der Waals surface area contributed by atoms with E-state index in [1.807, 2.05) is 35.8 Å². The van der Waals surface area contributed by atoms with E-state index < -0.39 is 0 Å². The van der Waals surface area contributed by atoms with E-state index in [0.29, 0.717) is 17.9 Å². The van der Waals surface area contributed by atoms with Crippen LogP contribution in [0.2, 0.25) is 0 Å². The van der Waals surface area contributed by atoms with Crippen LogP contribution in [0.3, 0.4) is 0 Å². The van der Waals surface area contributed by atoms with Crippen molar-refractivity contribution in [2.24, 2.45) is 0 Å². The van der Waals surface area contributed by atoms with Crippen molar-refractivity contribution in [3.63, 3.8) is 0 Å². The molecular weight excluding hydrogens is 316 g/mol. The molecule has 1 amide bonds. The van der Waals surface area contributed by atoms with Gasteiger partial charge < -0.3 is 9.47 Å². The number of aromatic nitrogens is 3. The van der Waals surface area contributed by atoms with E-state index >= 15 is 0 Å². The normalized spacial score (nSPS) is 12.1. The molecule has 2 aromatic heterocycles. The highest BCUT2D eigenvalue weighted by Gasteiger charge is 2.21.